The number of hydrogen-bond acceptors (Lipinski definition) is 4. The molecule has 2 aliphatic heterocycles. The van der Waals surface area contributed by atoms with Crippen LogP contribution in [0.1, 0.15) is 25.7 Å². The SMILES string of the molecule is NC1(CNCCC2CCCO2)CCOC1. The first-order valence-corrected chi connectivity index (χ1v) is 5.97. The minimum absolute atomic E-state index is 0.128. The van der Waals surface area contributed by atoms with Gasteiger partial charge in [0.2, 0.25) is 0 Å². The van der Waals surface area contributed by atoms with Gasteiger partial charge in [-0.25, -0.2) is 0 Å². The van der Waals surface area contributed by atoms with Gasteiger partial charge < -0.3 is 20.5 Å². The molecule has 0 aromatic rings. The Morgan fingerprint density at radius 1 is 1.40 bits per heavy atom. The standard InChI is InChI=1S/C11H22N2O2/c12-11(4-7-14-9-11)8-13-5-3-10-2-1-6-15-10/h10,13H,1-9,12H2. The Kier molecular flexibility index (Phi) is 3.97. The zero-order valence-corrected chi connectivity index (χ0v) is 9.34. The number of ether oxygens (including phenoxy) is 2. The predicted molar refractivity (Wildman–Crippen MR) is 58.8 cm³/mol. The highest BCUT2D eigenvalue weighted by atomic mass is 16.5. The van der Waals surface area contributed by atoms with Gasteiger partial charge in [0.05, 0.1) is 18.2 Å². The van der Waals surface area contributed by atoms with Gasteiger partial charge in [0.15, 0.2) is 0 Å². The first kappa shape index (κ1) is 11.3. The first-order valence-electron chi connectivity index (χ1n) is 5.97. The van der Waals surface area contributed by atoms with Crippen molar-refractivity contribution in [2.45, 2.75) is 37.3 Å². The zero-order valence-electron chi connectivity index (χ0n) is 9.34. The van der Waals surface area contributed by atoms with E-state index in [1.807, 2.05) is 0 Å². The van der Waals surface area contributed by atoms with Crippen molar-refractivity contribution in [3.05, 3.63) is 0 Å². The summed E-state index contributed by atoms with van der Waals surface area (Å²) in [6.07, 6.45) is 5.00. The Bertz CT molecular complexity index is 187. The fourth-order valence-electron chi connectivity index (χ4n) is 2.23. The second kappa shape index (κ2) is 5.25. The van der Waals surface area contributed by atoms with Gasteiger partial charge in [0, 0.05) is 19.8 Å². The second-order valence-electron chi connectivity index (χ2n) is 4.77. The molecule has 0 aliphatic carbocycles. The van der Waals surface area contributed by atoms with Crippen LogP contribution in [0.15, 0.2) is 0 Å². The van der Waals surface area contributed by atoms with Crippen molar-refractivity contribution >= 4 is 0 Å². The molecule has 2 saturated heterocycles. The lowest BCUT2D eigenvalue weighted by Gasteiger charge is -2.22. The summed E-state index contributed by atoms with van der Waals surface area (Å²) in [4.78, 5) is 0. The highest BCUT2D eigenvalue weighted by molar-refractivity contribution is 4.90. The maximum absolute atomic E-state index is 6.13. The molecule has 2 rings (SSSR count). The van der Waals surface area contributed by atoms with Gasteiger partial charge >= 0.3 is 0 Å². The molecule has 2 unspecified atom stereocenters. The Labute approximate surface area is 91.5 Å². The quantitative estimate of drug-likeness (QED) is 0.645. The minimum Gasteiger partial charge on any atom is -0.379 e. The van der Waals surface area contributed by atoms with Crippen LogP contribution in [0.25, 0.3) is 0 Å². The molecule has 2 atom stereocenters. The average molecular weight is 214 g/mol. The largest absolute Gasteiger partial charge is 0.379 e. The number of rotatable bonds is 5. The van der Waals surface area contributed by atoms with Crippen LogP contribution in [0.2, 0.25) is 0 Å². The molecular weight excluding hydrogens is 192 g/mol. The fraction of sp³-hybridized carbons (Fsp3) is 1.00. The highest BCUT2D eigenvalue weighted by Gasteiger charge is 2.29. The predicted octanol–water partition coefficient (Wildman–Crippen LogP) is 0.263. The van der Waals surface area contributed by atoms with Crippen molar-refractivity contribution in [1.82, 2.24) is 5.32 Å². The van der Waals surface area contributed by atoms with Crippen molar-refractivity contribution in [2.75, 3.05) is 32.9 Å². The molecule has 0 spiro atoms. The van der Waals surface area contributed by atoms with Gasteiger partial charge in [0.1, 0.15) is 0 Å². The van der Waals surface area contributed by atoms with Crippen molar-refractivity contribution in [1.29, 1.82) is 0 Å². The summed E-state index contributed by atoms with van der Waals surface area (Å²) in [7, 11) is 0. The Hall–Kier alpha value is -0.160. The van der Waals surface area contributed by atoms with Crippen LogP contribution in [0.3, 0.4) is 0 Å². The summed E-state index contributed by atoms with van der Waals surface area (Å²) in [6, 6.07) is 0. The molecule has 2 heterocycles. The Morgan fingerprint density at radius 2 is 2.33 bits per heavy atom. The van der Waals surface area contributed by atoms with Crippen molar-refractivity contribution in [3.63, 3.8) is 0 Å². The molecule has 2 aliphatic rings. The molecule has 4 nitrogen and oxygen atoms in total. The first-order chi connectivity index (χ1) is 7.29. The number of hydrogen-bond donors (Lipinski definition) is 2. The third-order valence-electron chi connectivity index (χ3n) is 3.28. The van der Waals surface area contributed by atoms with Crippen molar-refractivity contribution in [2.24, 2.45) is 5.73 Å². The summed E-state index contributed by atoms with van der Waals surface area (Å²) in [5.74, 6) is 0. The monoisotopic (exact) mass is 214 g/mol. The lowest BCUT2D eigenvalue weighted by atomic mass is 10.0. The molecule has 88 valence electrons. The van der Waals surface area contributed by atoms with E-state index in [0.717, 1.165) is 39.1 Å². The third-order valence-corrected chi connectivity index (χ3v) is 3.28. The molecule has 3 N–H and O–H groups in total. The van der Waals surface area contributed by atoms with Gasteiger partial charge in [0.25, 0.3) is 0 Å². The van der Waals surface area contributed by atoms with Gasteiger partial charge in [-0.1, -0.05) is 0 Å². The zero-order chi connectivity index (χ0) is 10.6. The molecular formula is C11H22N2O2. The van der Waals surface area contributed by atoms with E-state index in [1.54, 1.807) is 0 Å². The molecule has 0 aromatic carbocycles. The molecule has 4 heteroatoms. The minimum atomic E-state index is -0.128. The topological polar surface area (TPSA) is 56.5 Å². The van der Waals surface area contributed by atoms with Crippen molar-refractivity contribution in [3.8, 4) is 0 Å². The Balaban J connectivity index is 1.54. The maximum Gasteiger partial charge on any atom is 0.0659 e. The molecule has 15 heavy (non-hydrogen) atoms. The van der Waals surface area contributed by atoms with Crippen LogP contribution in [-0.4, -0.2) is 44.6 Å². The van der Waals surface area contributed by atoms with Crippen LogP contribution in [0.4, 0.5) is 0 Å². The summed E-state index contributed by atoms with van der Waals surface area (Å²) in [5.41, 5.74) is 6.01. The molecule has 0 saturated carbocycles. The van der Waals surface area contributed by atoms with Gasteiger partial charge in [-0.05, 0) is 32.2 Å². The van der Waals surface area contributed by atoms with E-state index >= 15 is 0 Å². The average Bonchev–Trinajstić information content (AvgIpc) is 2.84. The molecule has 0 aromatic heterocycles. The van der Waals surface area contributed by atoms with E-state index in [0.29, 0.717) is 12.7 Å². The molecule has 0 bridgehead atoms. The van der Waals surface area contributed by atoms with E-state index in [-0.39, 0.29) is 5.54 Å². The third kappa shape index (κ3) is 3.41. The van der Waals surface area contributed by atoms with Crippen LogP contribution in [-0.2, 0) is 9.47 Å². The van der Waals surface area contributed by atoms with E-state index in [4.69, 9.17) is 15.2 Å². The van der Waals surface area contributed by atoms with E-state index in [2.05, 4.69) is 5.32 Å². The summed E-state index contributed by atoms with van der Waals surface area (Å²) >= 11 is 0. The summed E-state index contributed by atoms with van der Waals surface area (Å²) in [6.45, 7) is 4.31. The number of nitrogens with one attached hydrogen (secondary N) is 1. The van der Waals surface area contributed by atoms with E-state index in [9.17, 15) is 0 Å². The lowest BCUT2D eigenvalue weighted by Crippen LogP contribution is -2.49. The lowest BCUT2D eigenvalue weighted by molar-refractivity contribution is 0.103. The second-order valence-corrected chi connectivity index (χ2v) is 4.77. The normalized spacial score (nSPS) is 36.2. The Morgan fingerprint density at radius 3 is 3.00 bits per heavy atom. The van der Waals surface area contributed by atoms with Crippen LogP contribution < -0.4 is 11.1 Å². The van der Waals surface area contributed by atoms with Crippen molar-refractivity contribution < 1.29 is 9.47 Å². The molecule has 0 amide bonds. The van der Waals surface area contributed by atoms with E-state index in [1.165, 1.54) is 12.8 Å². The summed E-state index contributed by atoms with van der Waals surface area (Å²) < 4.78 is 10.9. The highest BCUT2D eigenvalue weighted by Crippen LogP contribution is 2.16. The number of nitrogens with two attached hydrogens (primary N) is 1. The molecule has 2 fully saturated rings. The van der Waals surface area contributed by atoms with Crippen LogP contribution >= 0.6 is 0 Å². The maximum atomic E-state index is 6.13. The van der Waals surface area contributed by atoms with Crippen LogP contribution in [0, 0.1) is 0 Å². The van der Waals surface area contributed by atoms with Gasteiger partial charge in [-0.15, -0.1) is 0 Å². The summed E-state index contributed by atoms with van der Waals surface area (Å²) in [5, 5.41) is 3.41. The van der Waals surface area contributed by atoms with Crippen LogP contribution in [0.5, 0.6) is 0 Å². The van der Waals surface area contributed by atoms with E-state index < -0.39 is 0 Å². The van der Waals surface area contributed by atoms with Gasteiger partial charge in [-0.2, -0.15) is 0 Å². The van der Waals surface area contributed by atoms with Gasteiger partial charge in [-0.3, -0.25) is 0 Å². The fourth-order valence-corrected chi connectivity index (χ4v) is 2.23. The smallest absolute Gasteiger partial charge is 0.0659 e. The molecule has 0 radical (unpaired) electrons.